The van der Waals surface area contributed by atoms with E-state index in [1.807, 2.05) is 9.80 Å². The zero-order chi connectivity index (χ0) is 14.8. The van der Waals surface area contributed by atoms with Gasteiger partial charge in [0.2, 0.25) is 5.91 Å². The van der Waals surface area contributed by atoms with Gasteiger partial charge in [0.1, 0.15) is 11.9 Å². The Kier molecular flexibility index (Phi) is 4.52. The highest BCUT2D eigenvalue weighted by molar-refractivity contribution is 6.36. The Balaban J connectivity index is 1.80. The molecule has 1 atom stereocenters. The highest BCUT2D eigenvalue weighted by Crippen LogP contribution is 2.32. The first-order valence-electron chi connectivity index (χ1n) is 7.24. The summed E-state index contributed by atoms with van der Waals surface area (Å²) in [6, 6.07) is 1.52. The normalized spacial score (nSPS) is 22.7. The predicted octanol–water partition coefficient (Wildman–Crippen LogP) is 1.79. The molecule has 2 aliphatic heterocycles. The van der Waals surface area contributed by atoms with Crippen LogP contribution in [0.1, 0.15) is 12.8 Å². The van der Waals surface area contributed by atoms with Gasteiger partial charge in [0, 0.05) is 38.9 Å². The van der Waals surface area contributed by atoms with Crippen LogP contribution in [0.2, 0.25) is 10.0 Å². The molecule has 0 bridgehead atoms. The maximum Gasteiger partial charge on any atom is 0.245 e. The van der Waals surface area contributed by atoms with Gasteiger partial charge in [0.05, 0.1) is 10.0 Å². The van der Waals surface area contributed by atoms with Crippen molar-refractivity contribution in [3.05, 3.63) is 22.3 Å². The van der Waals surface area contributed by atoms with Gasteiger partial charge in [0.25, 0.3) is 0 Å². The molecule has 1 amide bonds. The average molecular weight is 329 g/mol. The molecule has 0 aromatic carbocycles. The number of carbonyl (C=O) groups is 1. The molecule has 0 aliphatic carbocycles. The van der Waals surface area contributed by atoms with E-state index < -0.39 is 0 Å². The van der Waals surface area contributed by atoms with E-state index >= 15 is 0 Å². The zero-order valence-electron chi connectivity index (χ0n) is 11.7. The van der Waals surface area contributed by atoms with Gasteiger partial charge in [-0.3, -0.25) is 4.79 Å². The van der Waals surface area contributed by atoms with Crippen molar-refractivity contribution in [1.29, 1.82) is 0 Å². The summed E-state index contributed by atoms with van der Waals surface area (Å²) in [5.41, 5.74) is 0. The lowest BCUT2D eigenvalue weighted by Crippen LogP contribution is -2.52. The largest absolute Gasteiger partial charge is 0.343 e. The molecule has 7 heteroatoms. The summed E-state index contributed by atoms with van der Waals surface area (Å²) in [6.45, 7) is 4.06. The SMILES string of the molecule is O=C(C1CCCN1c1ncc(Cl)cc1Cl)N1CCNCC1. The summed E-state index contributed by atoms with van der Waals surface area (Å²) in [5, 5.41) is 4.27. The van der Waals surface area contributed by atoms with E-state index in [4.69, 9.17) is 23.2 Å². The van der Waals surface area contributed by atoms with E-state index in [1.54, 1.807) is 12.3 Å². The summed E-state index contributed by atoms with van der Waals surface area (Å²) in [4.78, 5) is 21.0. The van der Waals surface area contributed by atoms with Gasteiger partial charge in [-0.2, -0.15) is 0 Å². The number of nitrogens with zero attached hydrogens (tertiary/aromatic N) is 3. The molecule has 114 valence electrons. The standard InChI is InChI=1S/C14H18Cl2N4O/c15-10-8-11(16)13(18-9-10)20-5-1-2-12(20)14(21)19-6-3-17-4-7-19/h8-9,12,17H,1-7H2. The predicted molar refractivity (Wildman–Crippen MR) is 84.1 cm³/mol. The van der Waals surface area contributed by atoms with Crippen LogP contribution in [0, 0.1) is 0 Å². The third-order valence-electron chi connectivity index (χ3n) is 4.03. The maximum atomic E-state index is 12.7. The van der Waals surface area contributed by atoms with Crippen molar-refractivity contribution in [3.63, 3.8) is 0 Å². The van der Waals surface area contributed by atoms with Gasteiger partial charge >= 0.3 is 0 Å². The highest BCUT2D eigenvalue weighted by atomic mass is 35.5. The summed E-state index contributed by atoms with van der Waals surface area (Å²) in [7, 11) is 0. The number of nitrogens with one attached hydrogen (secondary N) is 1. The molecule has 2 saturated heterocycles. The smallest absolute Gasteiger partial charge is 0.245 e. The van der Waals surface area contributed by atoms with Gasteiger partial charge in [-0.25, -0.2) is 4.98 Å². The third-order valence-corrected chi connectivity index (χ3v) is 4.51. The average Bonchev–Trinajstić information content (AvgIpc) is 2.96. The van der Waals surface area contributed by atoms with E-state index in [0.717, 1.165) is 45.6 Å². The van der Waals surface area contributed by atoms with Crippen LogP contribution < -0.4 is 10.2 Å². The Morgan fingerprint density at radius 1 is 1.29 bits per heavy atom. The first kappa shape index (κ1) is 14.9. The van der Waals surface area contributed by atoms with Crippen LogP contribution in [-0.2, 0) is 4.79 Å². The number of piperazine rings is 1. The molecular weight excluding hydrogens is 311 g/mol. The fourth-order valence-corrected chi connectivity index (χ4v) is 3.48. The van der Waals surface area contributed by atoms with Crippen molar-refractivity contribution in [1.82, 2.24) is 15.2 Å². The fraction of sp³-hybridized carbons (Fsp3) is 0.571. The number of carbonyl (C=O) groups excluding carboxylic acids is 1. The Hall–Kier alpha value is -1.04. The van der Waals surface area contributed by atoms with Crippen molar-refractivity contribution in [3.8, 4) is 0 Å². The van der Waals surface area contributed by atoms with Crippen LogP contribution in [0.5, 0.6) is 0 Å². The van der Waals surface area contributed by atoms with Crippen molar-refractivity contribution in [2.24, 2.45) is 0 Å². The number of aromatic nitrogens is 1. The van der Waals surface area contributed by atoms with Crippen molar-refractivity contribution in [2.45, 2.75) is 18.9 Å². The summed E-state index contributed by atoms with van der Waals surface area (Å²) in [6.07, 6.45) is 3.40. The Bertz CT molecular complexity index is 534. The number of rotatable bonds is 2. The minimum Gasteiger partial charge on any atom is -0.343 e. The number of hydrogen-bond acceptors (Lipinski definition) is 4. The van der Waals surface area contributed by atoms with E-state index in [1.165, 1.54) is 0 Å². The van der Waals surface area contributed by atoms with Crippen LogP contribution >= 0.6 is 23.2 Å². The molecule has 1 aromatic rings. The minimum absolute atomic E-state index is 0.158. The Labute approximate surface area is 134 Å². The molecule has 5 nitrogen and oxygen atoms in total. The lowest BCUT2D eigenvalue weighted by atomic mass is 10.1. The molecule has 0 spiro atoms. The molecule has 1 unspecified atom stereocenters. The molecule has 1 N–H and O–H groups in total. The molecule has 21 heavy (non-hydrogen) atoms. The maximum absolute atomic E-state index is 12.7. The second-order valence-corrected chi connectivity index (χ2v) is 6.23. The zero-order valence-corrected chi connectivity index (χ0v) is 13.2. The molecule has 0 radical (unpaired) electrons. The first-order chi connectivity index (χ1) is 10.2. The Morgan fingerprint density at radius 3 is 2.76 bits per heavy atom. The molecule has 0 saturated carbocycles. The quantitative estimate of drug-likeness (QED) is 0.899. The second kappa shape index (κ2) is 6.38. The highest BCUT2D eigenvalue weighted by Gasteiger charge is 2.35. The van der Waals surface area contributed by atoms with Crippen LogP contribution in [0.3, 0.4) is 0 Å². The molecule has 2 aliphatic rings. The van der Waals surface area contributed by atoms with Crippen molar-refractivity contribution < 1.29 is 4.79 Å². The summed E-state index contributed by atoms with van der Waals surface area (Å²) in [5.74, 6) is 0.842. The van der Waals surface area contributed by atoms with Gasteiger partial charge in [-0.15, -0.1) is 0 Å². The molecule has 3 rings (SSSR count). The van der Waals surface area contributed by atoms with Gasteiger partial charge in [0.15, 0.2) is 0 Å². The third kappa shape index (κ3) is 3.10. The Morgan fingerprint density at radius 2 is 2.05 bits per heavy atom. The summed E-state index contributed by atoms with van der Waals surface area (Å²) >= 11 is 12.1. The van der Waals surface area contributed by atoms with Gasteiger partial charge < -0.3 is 15.1 Å². The van der Waals surface area contributed by atoms with E-state index in [9.17, 15) is 4.79 Å². The lowest BCUT2D eigenvalue weighted by molar-refractivity contribution is -0.133. The number of halogens is 2. The van der Waals surface area contributed by atoms with Gasteiger partial charge in [-0.1, -0.05) is 23.2 Å². The summed E-state index contributed by atoms with van der Waals surface area (Å²) < 4.78 is 0. The van der Waals surface area contributed by atoms with Crippen molar-refractivity contribution in [2.75, 3.05) is 37.6 Å². The number of amides is 1. The van der Waals surface area contributed by atoms with Crippen LogP contribution in [0.25, 0.3) is 0 Å². The first-order valence-corrected chi connectivity index (χ1v) is 7.99. The van der Waals surface area contributed by atoms with E-state index in [2.05, 4.69) is 10.3 Å². The number of anilines is 1. The molecule has 1 aromatic heterocycles. The molecule has 3 heterocycles. The minimum atomic E-state index is -0.158. The van der Waals surface area contributed by atoms with Crippen molar-refractivity contribution >= 4 is 34.9 Å². The van der Waals surface area contributed by atoms with Gasteiger partial charge in [-0.05, 0) is 18.9 Å². The van der Waals surface area contributed by atoms with Crippen LogP contribution in [0.4, 0.5) is 5.82 Å². The fourth-order valence-electron chi connectivity index (χ4n) is 2.99. The van der Waals surface area contributed by atoms with E-state index in [0.29, 0.717) is 15.9 Å². The number of hydrogen-bond donors (Lipinski definition) is 1. The second-order valence-electron chi connectivity index (χ2n) is 5.39. The molecule has 2 fully saturated rings. The topological polar surface area (TPSA) is 48.5 Å². The number of pyridine rings is 1. The monoisotopic (exact) mass is 328 g/mol. The van der Waals surface area contributed by atoms with E-state index in [-0.39, 0.29) is 11.9 Å². The lowest BCUT2D eigenvalue weighted by Gasteiger charge is -2.33. The molecular formula is C14H18Cl2N4O. The van der Waals surface area contributed by atoms with Crippen LogP contribution in [0.15, 0.2) is 12.3 Å². The van der Waals surface area contributed by atoms with Crippen LogP contribution in [-0.4, -0.2) is 54.6 Å².